The lowest BCUT2D eigenvalue weighted by Gasteiger charge is -2.42. The third-order valence-corrected chi connectivity index (χ3v) is 13.7. The predicted octanol–water partition coefficient (Wildman–Crippen LogP) is 11.8. The molecule has 0 saturated carbocycles. The molecular formula is C50H30N2O3S. The largest absolute Gasteiger partial charge is 0.456 e. The molecule has 5 nitrogen and oxygen atoms in total. The van der Waals surface area contributed by atoms with Gasteiger partial charge in [-0.25, -0.2) is 13.4 Å². The van der Waals surface area contributed by atoms with Gasteiger partial charge in [-0.05, 0) is 99.1 Å². The summed E-state index contributed by atoms with van der Waals surface area (Å²) in [5, 5.41) is 1.65. The van der Waals surface area contributed by atoms with Crippen molar-refractivity contribution < 1.29 is 12.8 Å². The van der Waals surface area contributed by atoms with Gasteiger partial charge in [0.1, 0.15) is 17.0 Å². The maximum Gasteiger partial charge on any atom is 0.207 e. The molecule has 8 aromatic carbocycles. The summed E-state index contributed by atoms with van der Waals surface area (Å²) in [6.07, 6.45) is 0. The highest BCUT2D eigenvalue weighted by Crippen LogP contribution is 2.60. The molecule has 56 heavy (non-hydrogen) atoms. The van der Waals surface area contributed by atoms with Crippen LogP contribution in [-0.4, -0.2) is 18.0 Å². The van der Waals surface area contributed by atoms with Crippen molar-refractivity contribution in [2.24, 2.45) is 0 Å². The second-order valence-corrected chi connectivity index (χ2v) is 16.5. The summed E-state index contributed by atoms with van der Waals surface area (Å²) in [5.41, 5.74) is 11.6. The first-order valence-corrected chi connectivity index (χ1v) is 20.2. The van der Waals surface area contributed by atoms with E-state index in [-0.39, 0.29) is 4.90 Å². The molecule has 264 valence electrons. The number of hydrogen-bond donors (Lipinski definition) is 0. The van der Waals surface area contributed by atoms with E-state index < -0.39 is 15.3 Å². The highest BCUT2D eigenvalue weighted by atomic mass is 32.2. The molecule has 0 radical (unpaired) electrons. The predicted molar refractivity (Wildman–Crippen MR) is 222 cm³/mol. The first kappa shape index (κ1) is 31.3. The topological polar surface area (TPSA) is 65.1 Å². The molecule has 1 spiro atoms. The molecule has 0 amide bonds. The fourth-order valence-electron chi connectivity index (χ4n) is 9.55. The minimum atomic E-state index is -3.98. The summed E-state index contributed by atoms with van der Waals surface area (Å²) < 4.78 is 39.0. The van der Waals surface area contributed by atoms with Gasteiger partial charge in [0.15, 0.2) is 0 Å². The first-order chi connectivity index (χ1) is 27.5. The highest BCUT2D eigenvalue weighted by Gasteiger charge is 2.52. The number of benzene rings is 8. The summed E-state index contributed by atoms with van der Waals surface area (Å²) in [4.78, 5) is 5.86. The quantitative estimate of drug-likeness (QED) is 0.177. The molecule has 0 N–H and O–H groups in total. The number of hydrogen-bond acceptors (Lipinski definition) is 4. The van der Waals surface area contributed by atoms with Crippen LogP contribution in [-0.2, 0) is 15.3 Å². The fraction of sp³-hybridized carbons (Fsp3) is 0.0200. The van der Waals surface area contributed by atoms with Gasteiger partial charge >= 0.3 is 0 Å². The molecule has 2 aromatic heterocycles. The van der Waals surface area contributed by atoms with Gasteiger partial charge in [-0.2, -0.15) is 0 Å². The van der Waals surface area contributed by atoms with E-state index in [9.17, 15) is 0 Å². The molecule has 12 rings (SSSR count). The molecule has 1 atom stereocenters. The zero-order chi connectivity index (χ0) is 37.2. The zero-order valence-corrected chi connectivity index (χ0v) is 30.7. The molecule has 6 heteroatoms. The molecule has 3 heterocycles. The summed E-state index contributed by atoms with van der Waals surface area (Å²) in [5.74, 6) is 0.797. The van der Waals surface area contributed by atoms with Crippen molar-refractivity contribution in [1.29, 1.82) is 0 Å². The normalized spacial score (nSPS) is 16.2. The van der Waals surface area contributed by atoms with Crippen LogP contribution in [0.15, 0.2) is 196 Å². The third-order valence-electron chi connectivity index (χ3n) is 11.8. The second kappa shape index (κ2) is 11.3. The maximum atomic E-state index is 15.1. The van der Waals surface area contributed by atoms with Crippen LogP contribution in [0.5, 0.6) is 0 Å². The summed E-state index contributed by atoms with van der Waals surface area (Å²) >= 11 is 0. The van der Waals surface area contributed by atoms with Crippen molar-refractivity contribution in [3.63, 3.8) is 0 Å². The Bertz CT molecular complexity index is 3400. The second-order valence-electron chi connectivity index (χ2n) is 14.6. The van der Waals surface area contributed by atoms with Crippen LogP contribution in [0.4, 0.5) is 0 Å². The van der Waals surface area contributed by atoms with Crippen LogP contribution in [0.2, 0.25) is 0 Å². The van der Waals surface area contributed by atoms with Gasteiger partial charge in [-0.1, -0.05) is 127 Å². The number of fused-ring (bicyclic) bond motifs is 15. The first-order valence-electron chi connectivity index (χ1n) is 18.7. The van der Waals surface area contributed by atoms with Crippen molar-refractivity contribution in [3.8, 4) is 39.3 Å². The number of imidazole rings is 1. The highest BCUT2D eigenvalue weighted by molar-refractivity contribution is 7.91. The number of nitrogens with zero attached hydrogens (tertiary/aromatic N) is 2. The van der Waals surface area contributed by atoms with Crippen LogP contribution < -0.4 is 0 Å². The SMILES string of the molecule is O=S1(=O)c2ccccc2C2(c3ccccc3-c3ccccc3-c3ccc(-c4nc5ccccc5n4-c4ccccc4)cc32)c2cc3oc4ccccc4c3cc21. The van der Waals surface area contributed by atoms with Crippen molar-refractivity contribution in [2.45, 2.75) is 15.2 Å². The van der Waals surface area contributed by atoms with E-state index in [1.54, 1.807) is 6.07 Å². The van der Waals surface area contributed by atoms with Crippen molar-refractivity contribution >= 4 is 42.8 Å². The Balaban J connectivity index is 1.29. The van der Waals surface area contributed by atoms with Crippen molar-refractivity contribution in [3.05, 3.63) is 204 Å². The maximum absolute atomic E-state index is 15.1. The van der Waals surface area contributed by atoms with E-state index in [1.165, 1.54) is 0 Å². The molecule has 1 aliphatic heterocycles. The lowest BCUT2D eigenvalue weighted by Crippen LogP contribution is -2.38. The number of para-hydroxylation sites is 4. The van der Waals surface area contributed by atoms with Gasteiger partial charge in [0, 0.05) is 22.0 Å². The monoisotopic (exact) mass is 738 g/mol. The third kappa shape index (κ3) is 4.03. The molecule has 0 saturated heterocycles. The standard InChI is InChI=1S/C50H30N2O3S/c53-56(54)47-25-13-9-21-40(47)50(42-30-46-38(29-48(42)56)37-19-7-12-24-45(37)55-46)39-20-8-6-18-35(39)33-16-4-5-17-34(33)36-27-26-31(28-41(36)50)49-51-43-22-10-11-23-44(43)52(49)32-14-2-1-3-15-32/h1-30H. The van der Waals surface area contributed by atoms with Gasteiger partial charge in [-0.3, -0.25) is 4.57 Å². The van der Waals surface area contributed by atoms with Gasteiger partial charge in [0.05, 0.1) is 26.2 Å². The lowest BCUT2D eigenvalue weighted by molar-refractivity contribution is 0.579. The minimum absolute atomic E-state index is 0.281. The molecule has 1 aliphatic carbocycles. The molecule has 2 aliphatic rings. The summed E-state index contributed by atoms with van der Waals surface area (Å²) in [7, 11) is -3.98. The Morgan fingerprint density at radius 3 is 1.98 bits per heavy atom. The average Bonchev–Trinajstić information content (AvgIpc) is 3.80. The lowest BCUT2D eigenvalue weighted by atomic mass is 9.63. The van der Waals surface area contributed by atoms with Crippen LogP contribution >= 0.6 is 0 Å². The summed E-state index contributed by atoms with van der Waals surface area (Å²) in [6, 6.07) is 61.4. The van der Waals surface area contributed by atoms with E-state index in [0.717, 1.165) is 72.3 Å². The van der Waals surface area contributed by atoms with Gasteiger partial charge in [0.2, 0.25) is 9.84 Å². The van der Waals surface area contributed by atoms with Crippen LogP contribution in [0.25, 0.3) is 72.3 Å². The van der Waals surface area contributed by atoms with Crippen LogP contribution in [0.1, 0.15) is 22.3 Å². The molecule has 0 fully saturated rings. The van der Waals surface area contributed by atoms with E-state index in [0.29, 0.717) is 27.2 Å². The molecule has 10 aromatic rings. The number of sulfone groups is 1. The Morgan fingerprint density at radius 1 is 0.482 bits per heavy atom. The Labute approximate surface area is 322 Å². The van der Waals surface area contributed by atoms with Crippen molar-refractivity contribution in [1.82, 2.24) is 9.55 Å². The number of aromatic nitrogens is 2. The zero-order valence-electron chi connectivity index (χ0n) is 29.8. The summed E-state index contributed by atoms with van der Waals surface area (Å²) in [6.45, 7) is 0. The van der Waals surface area contributed by atoms with Gasteiger partial charge in [0.25, 0.3) is 0 Å². The van der Waals surface area contributed by atoms with Crippen molar-refractivity contribution in [2.75, 3.05) is 0 Å². The number of rotatable bonds is 2. The smallest absolute Gasteiger partial charge is 0.207 e. The average molecular weight is 739 g/mol. The van der Waals surface area contributed by atoms with E-state index in [4.69, 9.17) is 9.40 Å². The van der Waals surface area contributed by atoms with E-state index in [1.807, 2.05) is 91.0 Å². The Kier molecular flexibility index (Phi) is 6.30. The van der Waals surface area contributed by atoms with E-state index in [2.05, 4.69) is 89.5 Å². The van der Waals surface area contributed by atoms with Gasteiger partial charge in [-0.15, -0.1) is 0 Å². The molecular weight excluding hydrogens is 709 g/mol. The van der Waals surface area contributed by atoms with Gasteiger partial charge < -0.3 is 4.42 Å². The molecule has 0 bridgehead atoms. The van der Waals surface area contributed by atoms with Crippen LogP contribution in [0.3, 0.4) is 0 Å². The number of furan rings is 1. The van der Waals surface area contributed by atoms with Crippen LogP contribution in [0, 0.1) is 0 Å². The fourth-order valence-corrected chi connectivity index (χ4v) is 11.3. The Morgan fingerprint density at radius 2 is 1.14 bits per heavy atom. The Hall–Kier alpha value is -7.02. The molecule has 1 unspecified atom stereocenters. The van der Waals surface area contributed by atoms with E-state index >= 15 is 8.42 Å². The minimum Gasteiger partial charge on any atom is -0.456 e.